The van der Waals surface area contributed by atoms with Gasteiger partial charge in [-0.1, -0.05) is 54.3 Å². The van der Waals surface area contributed by atoms with Gasteiger partial charge in [0.2, 0.25) is 0 Å². The Balaban J connectivity index is 0.000000195. The van der Waals surface area contributed by atoms with Crippen LogP contribution in [0.2, 0.25) is 0 Å². The number of carbonyl (C=O) groups excluding carboxylic acids is 2. The van der Waals surface area contributed by atoms with Gasteiger partial charge in [-0.05, 0) is 111 Å². The van der Waals surface area contributed by atoms with E-state index < -0.39 is 0 Å². The van der Waals surface area contributed by atoms with E-state index in [-0.39, 0.29) is 11.7 Å². The summed E-state index contributed by atoms with van der Waals surface area (Å²) in [4.78, 5) is 37.8. The molecule has 5 heterocycles. The van der Waals surface area contributed by atoms with E-state index in [9.17, 15) is 9.59 Å². The van der Waals surface area contributed by atoms with Crippen molar-refractivity contribution in [1.29, 1.82) is 0 Å². The van der Waals surface area contributed by atoms with E-state index in [1.54, 1.807) is 19.3 Å². The summed E-state index contributed by atoms with van der Waals surface area (Å²) in [5, 5.41) is 3.01. The minimum Gasteiger partial charge on any atom is -0.322 e. The Morgan fingerprint density at radius 1 is 0.661 bits per heavy atom. The number of anilines is 1. The molecule has 1 amide bonds. The second-order valence-corrected chi connectivity index (χ2v) is 14.0. The van der Waals surface area contributed by atoms with Gasteiger partial charge in [-0.25, -0.2) is 9.97 Å². The molecular formula is C47H43N7O2. The first kappa shape index (κ1) is 37.5. The number of carbonyl (C=O) groups is 2. The van der Waals surface area contributed by atoms with Gasteiger partial charge in [0, 0.05) is 73.1 Å². The van der Waals surface area contributed by atoms with Gasteiger partial charge in [0.1, 0.15) is 22.7 Å². The number of rotatable bonds is 5. The summed E-state index contributed by atoms with van der Waals surface area (Å²) in [5.41, 5.74) is 10.5. The van der Waals surface area contributed by atoms with Crippen molar-refractivity contribution in [3.8, 4) is 23.7 Å². The van der Waals surface area contributed by atoms with Crippen LogP contribution in [0.1, 0.15) is 66.8 Å². The monoisotopic (exact) mass is 737 g/mol. The SMILES string of the molecule is CC(=O)c1ccc(C)c(C#Cc2cnc3ccccn23)c1.Cc1ccc(NC(=O)c2ccc(CN3CCN(C)CC3)cc2)cc1C#Cc1cnc2ccccn12. The molecule has 1 saturated heterocycles. The van der Waals surface area contributed by atoms with Crippen LogP contribution in [0.3, 0.4) is 0 Å². The zero-order valence-corrected chi connectivity index (χ0v) is 32.1. The van der Waals surface area contributed by atoms with Crippen LogP contribution in [-0.2, 0) is 6.54 Å². The van der Waals surface area contributed by atoms with Gasteiger partial charge in [-0.3, -0.25) is 23.3 Å². The Bertz CT molecular complexity index is 2660. The molecule has 1 aliphatic heterocycles. The number of fused-ring (bicyclic) bond motifs is 2. The van der Waals surface area contributed by atoms with Crippen LogP contribution in [0.15, 0.2) is 122 Å². The number of pyridine rings is 2. The Morgan fingerprint density at radius 3 is 1.80 bits per heavy atom. The second-order valence-electron chi connectivity index (χ2n) is 14.0. The van der Waals surface area contributed by atoms with Crippen molar-refractivity contribution in [2.45, 2.75) is 27.3 Å². The van der Waals surface area contributed by atoms with Crippen molar-refractivity contribution in [3.63, 3.8) is 0 Å². The van der Waals surface area contributed by atoms with E-state index in [1.807, 2.05) is 120 Å². The largest absolute Gasteiger partial charge is 0.322 e. The van der Waals surface area contributed by atoms with Gasteiger partial charge in [0.05, 0.1) is 12.4 Å². The third-order valence-corrected chi connectivity index (χ3v) is 9.84. The van der Waals surface area contributed by atoms with Crippen molar-refractivity contribution in [2.24, 2.45) is 0 Å². The van der Waals surface area contributed by atoms with Crippen molar-refractivity contribution >= 4 is 28.7 Å². The number of imidazole rings is 2. The molecule has 1 aliphatic rings. The number of piperazine rings is 1. The van der Waals surface area contributed by atoms with E-state index in [0.29, 0.717) is 11.1 Å². The highest BCUT2D eigenvalue weighted by Gasteiger charge is 2.14. The third-order valence-electron chi connectivity index (χ3n) is 9.84. The number of ketones is 1. The number of hydrogen-bond acceptors (Lipinski definition) is 6. The second kappa shape index (κ2) is 17.1. The zero-order chi connectivity index (χ0) is 39.0. The Kier molecular flexibility index (Phi) is 11.5. The Hall–Kier alpha value is -6.78. The molecule has 8 rings (SSSR count). The molecule has 0 radical (unpaired) electrons. The van der Waals surface area contributed by atoms with Crippen molar-refractivity contribution in [1.82, 2.24) is 28.6 Å². The number of likely N-dealkylation sites (N-methyl/N-ethyl adjacent to an activating group) is 1. The highest BCUT2D eigenvalue weighted by molar-refractivity contribution is 6.04. The lowest BCUT2D eigenvalue weighted by Crippen LogP contribution is -2.43. The quantitative estimate of drug-likeness (QED) is 0.148. The zero-order valence-electron chi connectivity index (χ0n) is 32.1. The predicted octanol–water partition coefficient (Wildman–Crippen LogP) is 7.29. The summed E-state index contributed by atoms with van der Waals surface area (Å²) in [6.07, 6.45) is 7.42. The fourth-order valence-corrected chi connectivity index (χ4v) is 6.35. The lowest BCUT2D eigenvalue weighted by molar-refractivity contribution is 0.101. The summed E-state index contributed by atoms with van der Waals surface area (Å²) in [5.74, 6) is 12.6. The van der Waals surface area contributed by atoms with Crippen LogP contribution >= 0.6 is 0 Å². The van der Waals surface area contributed by atoms with Crippen molar-refractivity contribution in [3.05, 3.63) is 172 Å². The first-order valence-corrected chi connectivity index (χ1v) is 18.6. The molecule has 9 nitrogen and oxygen atoms in total. The average Bonchev–Trinajstić information content (AvgIpc) is 3.83. The number of hydrogen-bond donors (Lipinski definition) is 1. The summed E-state index contributed by atoms with van der Waals surface area (Å²) in [6, 6.07) is 31.0. The normalized spacial score (nSPS) is 12.9. The topological polar surface area (TPSA) is 87.2 Å². The predicted molar refractivity (Wildman–Crippen MR) is 222 cm³/mol. The van der Waals surface area contributed by atoms with Crippen LogP contribution < -0.4 is 5.32 Å². The number of nitrogens with zero attached hydrogens (tertiary/aromatic N) is 6. The first-order valence-electron chi connectivity index (χ1n) is 18.6. The number of Topliss-reactive ketones (excluding diaryl/α,β-unsaturated/α-hetero) is 1. The molecule has 1 fully saturated rings. The van der Waals surface area contributed by atoms with E-state index >= 15 is 0 Å². The standard InChI is InChI=1S/C29H29N5O.C18H14N2O/c1-22-6-12-26(19-25(22)11-13-27-20-30-28-5-3-4-14-34(27)28)31-29(35)24-9-7-23(8-10-24)21-33-17-15-32(2)16-18-33;1-13-6-7-16(14(2)21)11-15(13)8-9-17-12-19-18-5-3-4-10-20(17)18/h3-10,12,14,19-20H,15-18,21H2,1-2H3,(H,31,35);3-7,10-12H,1-2H3. The molecule has 278 valence electrons. The van der Waals surface area contributed by atoms with Crippen LogP contribution in [-0.4, -0.2) is 73.5 Å². The van der Waals surface area contributed by atoms with Crippen LogP contribution in [0.4, 0.5) is 5.69 Å². The van der Waals surface area contributed by atoms with E-state index in [2.05, 4.69) is 67.9 Å². The summed E-state index contributed by atoms with van der Waals surface area (Å²) < 4.78 is 3.90. The molecule has 3 aromatic carbocycles. The van der Waals surface area contributed by atoms with Crippen molar-refractivity contribution < 1.29 is 9.59 Å². The van der Waals surface area contributed by atoms with Gasteiger partial charge in [0.25, 0.3) is 5.91 Å². The van der Waals surface area contributed by atoms with Gasteiger partial charge >= 0.3 is 0 Å². The number of aryl methyl sites for hydroxylation is 2. The molecule has 1 N–H and O–H groups in total. The highest BCUT2D eigenvalue weighted by Crippen LogP contribution is 2.18. The summed E-state index contributed by atoms with van der Waals surface area (Å²) in [6.45, 7) is 10.8. The van der Waals surface area contributed by atoms with Gasteiger partial charge < -0.3 is 10.2 Å². The van der Waals surface area contributed by atoms with Crippen LogP contribution in [0.5, 0.6) is 0 Å². The van der Waals surface area contributed by atoms with E-state index in [4.69, 9.17) is 0 Å². The smallest absolute Gasteiger partial charge is 0.255 e. The molecule has 9 heteroatoms. The number of benzene rings is 3. The molecule has 0 saturated carbocycles. The first-order chi connectivity index (χ1) is 27.2. The lowest BCUT2D eigenvalue weighted by atomic mass is 10.0. The number of aromatic nitrogens is 4. The fourth-order valence-electron chi connectivity index (χ4n) is 6.35. The summed E-state index contributed by atoms with van der Waals surface area (Å²) >= 11 is 0. The van der Waals surface area contributed by atoms with Crippen LogP contribution in [0.25, 0.3) is 11.3 Å². The molecule has 0 unspecified atom stereocenters. The number of amides is 1. The van der Waals surface area contributed by atoms with Gasteiger partial charge in [0.15, 0.2) is 5.78 Å². The van der Waals surface area contributed by atoms with Gasteiger partial charge in [-0.2, -0.15) is 0 Å². The Labute approximate surface area is 327 Å². The van der Waals surface area contributed by atoms with Gasteiger partial charge in [-0.15, -0.1) is 0 Å². The maximum Gasteiger partial charge on any atom is 0.255 e. The molecule has 0 aliphatic carbocycles. The van der Waals surface area contributed by atoms with E-state index in [1.165, 1.54) is 5.56 Å². The minimum atomic E-state index is -0.124. The molecule has 4 aromatic heterocycles. The Morgan fingerprint density at radius 2 is 1.21 bits per heavy atom. The maximum atomic E-state index is 12.9. The molecule has 56 heavy (non-hydrogen) atoms. The van der Waals surface area contributed by atoms with Crippen LogP contribution in [0, 0.1) is 37.5 Å². The van der Waals surface area contributed by atoms with E-state index in [0.717, 1.165) is 83.3 Å². The number of nitrogens with one attached hydrogen (secondary N) is 1. The maximum absolute atomic E-state index is 12.9. The minimum absolute atomic E-state index is 0.0489. The highest BCUT2D eigenvalue weighted by atomic mass is 16.1. The molecule has 0 bridgehead atoms. The average molecular weight is 738 g/mol. The summed E-state index contributed by atoms with van der Waals surface area (Å²) in [7, 11) is 2.16. The molecule has 7 aromatic rings. The third kappa shape index (κ3) is 9.11. The molecule has 0 spiro atoms. The lowest BCUT2D eigenvalue weighted by Gasteiger charge is -2.32. The molecule has 0 atom stereocenters. The van der Waals surface area contributed by atoms with Crippen molar-refractivity contribution in [2.75, 3.05) is 38.5 Å². The molecular weight excluding hydrogens is 695 g/mol. The fraction of sp³-hybridized carbons (Fsp3) is 0.191.